The largest absolute Gasteiger partial charge is 0.506 e. The molecule has 0 bridgehead atoms. The van der Waals surface area contributed by atoms with Gasteiger partial charge >= 0.3 is 0 Å². The number of amides is 1. The molecule has 0 saturated carbocycles. The molecule has 1 amide bonds. The third kappa shape index (κ3) is 3.92. The van der Waals surface area contributed by atoms with E-state index in [1.54, 1.807) is 24.3 Å². The van der Waals surface area contributed by atoms with Crippen molar-refractivity contribution in [1.82, 2.24) is 5.43 Å². The van der Waals surface area contributed by atoms with E-state index in [1.807, 2.05) is 0 Å². The summed E-state index contributed by atoms with van der Waals surface area (Å²) in [6, 6.07) is 9.33. The van der Waals surface area contributed by atoms with Crippen molar-refractivity contribution in [3.63, 3.8) is 0 Å². The van der Waals surface area contributed by atoms with Crippen LogP contribution in [0.25, 0.3) is 10.1 Å². The molecule has 0 aliphatic heterocycles. The number of carbonyl (C=O) groups is 1. The number of fused-ring (bicyclic) bond motifs is 1. The quantitative estimate of drug-likeness (QED) is 0.306. The topological polar surface area (TPSA) is 105 Å². The lowest BCUT2D eigenvalue weighted by Gasteiger charge is -2.02. The number of phenolic OH excluding ortho intramolecular Hbond substituents is 1. The molecule has 1 aromatic heterocycles. The molecule has 0 atom stereocenters. The number of halogens is 2. The van der Waals surface area contributed by atoms with E-state index in [0.717, 1.165) is 9.17 Å². The average Bonchev–Trinajstić information content (AvgIpc) is 3.02. The van der Waals surface area contributed by atoms with E-state index >= 15 is 0 Å². The van der Waals surface area contributed by atoms with Gasteiger partial charge in [-0.25, -0.2) is 5.43 Å². The Morgan fingerprint density at radius 1 is 1.27 bits per heavy atom. The van der Waals surface area contributed by atoms with Crippen molar-refractivity contribution in [3.05, 3.63) is 65.9 Å². The molecule has 7 nitrogen and oxygen atoms in total. The maximum Gasteiger partial charge on any atom is 0.281 e. The maximum absolute atomic E-state index is 12.2. The van der Waals surface area contributed by atoms with Crippen molar-refractivity contribution in [2.24, 2.45) is 5.10 Å². The Bertz CT molecular complexity index is 1070. The smallest absolute Gasteiger partial charge is 0.281 e. The van der Waals surface area contributed by atoms with Crippen LogP contribution in [-0.2, 0) is 0 Å². The summed E-state index contributed by atoms with van der Waals surface area (Å²) >= 11 is 7.73. The first-order valence-corrected chi connectivity index (χ1v) is 9.45. The fourth-order valence-corrected chi connectivity index (χ4v) is 4.35. The Morgan fingerprint density at radius 2 is 2.04 bits per heavy atom. The molecule has 2 aromatic carbocycles. The van der Waals surface area contributed by atoms with Gasteiger partial charge in [0.15, 0.2) is 0 Å². The first kappa shape index (κ1) is 18.5. The summed E-state index contributed by atoms with van der Waals surface area (Å²) in [5.74, 6) is -0.445. The minimum Gasteiger partial charge on any atom is -0.506 e. The predicted molar refractivity (Wildman–Crippen MR) is 107 cm³/mol. The van der Waals surface area contributed by atoms with Crippen LogP contribution in [0.5, 0.6) is 5.75 Å². The minimum absolute atomic E-state index is 0.000343. The van der Waals surface area contributed by atoms with Crippen molar-refractivity contribution in [2.45, 2.75) is 0 Å². The number of nitro benzene ring substituents is 1. The van der Waals surface area contributed by atoms with E-state index < -0.39 is 10.8 Å². The fraction of sp³-hybridized carbons (Fsp3) is 0. The summed E-state index contributed by atoms with van der Waals surface area (Å²) < 4.78 is 1.99. The molecule has 0 spiro atoms. The molecule has 0 fully saturated rings. The highest BCUT2D eigenvalue weighted by molar-refractivity contribution is 9.11. The highest BCUT2D eigenvalue weighted by Gasteiger charge is 2.13. The number of hydrogen-bond acceptors (Lipinski definition) is 6. The average molecular weight is 499 g/mol. The number of thiophene rings is 1. The molecule has 0 unspecified atom stereocenters. The number of non-ortho nitro benzene ring substituents is 1. The van der Waals surface area contributed by atoms with Gasteiger partial charge in [0.25, 0.3) is 11.6 Å². The van der Waals surface area contributed by atoms with E-state index in [9.17, 15) is 20.0 Å². The summed E-state index contributed by atoms with van der Waals surface area (Å²) in [4.78, 5) is 22.9. The number of hydrazone groups is 1. The van der Waals surface area contributed by atoms with Gasteiger partial charge in [0.1, 0.15) is 5.75 Å². The van der Waals surface area contributed by atoms with Gasteiger partial charge in [-0.15, -0.1) is 11.3 Å². The number of benzene rings is 2. The molecule has 10 heteroatoms. The number of nitro groups is 1. The van der Waals surface area contributed by atoms with Crippen LogP contribution in [-0.4, -0.2) is 22.2 Å². The van der Waals surface area contributed by atoms with Crippen LogP contribution in [0.3, 0.4) is 0 Å². The highest BCUT2D eigenvalue weighted by Crippen LogP contribution is 2.31. The fourth-order valence-electron chi connectivity index (χ4n) is 2.16. The number of phenols is 1. The van der Waals surface area contributed by atoms with Gasteiger partial charge in [-0.05, 0) is 40.2 Å². The van der Waals surface area contributed by atoms with Crippen molar-refractivity contribution in [1.29, 1.82) is 0 Å². The summed E-state index contributed by atoms with van der Waals surface area (Å²) in [6.07, 6.45) is 1.32. The lowest BCUT2D eigenvalue weighted by Crippen LogP contribution is -2.16. The van der Waals surface area contributed by atoms with Crippen LogP contribution in [0.1, 0.15) is 15.2 Å². The molecule has 2 N–H and O–H groups in total. The zero-order valence-corrected chi connectivity index (χ0v) is 16.8. The third-order valence-electron chi connectivity index (χ3n) is 3.36. The second kappa shape index (κ2) is 7.52. The van der Waals surface area contributed by atoms with E-state index in [0.29, 0.717) is 20.3 Å². The Kier molecular flexibility index (Phi) is 5.35. The number of carbonyl (C=O) groups excluding carboxylic acids is 1. The summed E-state index contributed by atoms with van der Waals surface area (Å²) in [7, 11) is 0. The molecule has 1 heterocycles. The minimum atomic E-state index is -0.482. The van der Waals surface area contributed by atoms with Gasteiger partial charge in [-0.2, -0.15) is 5.10 Å². The molecule has 0 saturated heterocycles. The monoisotopic (exact) mass is 497 g/mol. The highest BCUT2D eigenvalue weighted by atomic mass is 79.9. The molecule has 26 heavy (non-hydrogen) atoms. The van der Waals surface area contributed by atoms with Crippen molar-refractivity contribution >= 4 is 71.1 Å². The van der Waals surface area contributed by atoms with Crippen LogP contribution in [0.2, 0.25) is 0 Å². The zero-order chi connectivity index (χ0) is 18.8. The van der Waals surface area contributed by atoms with E-state index in [1.165, 1.54) is 29.7 Å². The zero-order valence-electron chi connectivity index (χ0n) is 12.8. The predicted octanol–water partition coefficient (Wildman–Crippen LogP) is 4.80. The number of hydrogen-bond donors (Lipinski definition) is 2. The number of aromatic hydroxyl groups is 1. The molecule has 3 rings (SSSR count). The Hall–Kier alpha value is -2.30. The molecular formula is C16H9Br2N3O4S. The van der Waals surface area contributed by atoms with Gasteiger partial charge in [0.2, 0.25) is 0 Å². The number of nitrogens with one attached hydrogen (secondary N) is 1. The first-order chi connectivity index (χ1) is 12.3. The Morgan fingerprint density at radius 3 is 2.77 bits per heavy atom. The van der Waals surface area contributed by atoms with E-state index in [4.69, 9.17) is 0 Å². The SMILES string of the molecule is O=C(N/N=C\c1cc(Br)cc(Br)c1O)c1cc2cc([N+](=O)[O-])ccc2s1. The lowest BCUT2D eigenvalue weighted by molar-refractivity contribution is -0.384. The van der Waals surface area contributed by atoms with E-state index in [-0.39, 0.29) is 11.4 Å². The summed E-state index contributed by atoms with van der Waals surface area (Å²) in [5, 5.41) is 25.2. The molecule has 0 aliphatic carbocycles. The maximum atomic E-state index is 12.2. The second-order valence-electron chi connectivity index (χ2n) is 5.11. The molecular weight excluding hydrogens is 490 g/mol. The molecule has 132 valence electrons. The number of nitrogens with zero attached hydrogens (tertiary/aromatic N) is 2. The van der Waals surface area contributed by atoms with Crippen LogP contribution in [0, 0.1) is 10.1 Å². The van der Waals surface area contributed by atoms with Gasteiger partial charge in [-0.3, -0.25) is 14.9 Å². The van der Waals surface area contributed by atoms with Gasteiger partial charge < -0.3 is 5.11 Å². The Balaban J connectivity index is 1.78. The lowest BCUT2D eigenvalue weighted by atomic mass is 10.2. The summed E-state index contributed by atoms with van der Waals surface area (Å²) in [5.41, 5.74) is 2.76. The van der Waals surface area contributed by atoms with Crippen LogP contribution in [0.15, 0.2) is 50.4 Å². The van der Waals surface area contributed by atoms with E-state index in [2.05, 4.69) is 42.4 Å². The molecule has 0 radical (unpaired) electrons. The van der Waals surface area contributed by atoms with Crippen LogP contribution >= 0.6 is 43.2 Å². The normalized spacial score (nSPS) is 11.2. The van der Waals surface area contributed by atoms with Crippen LogP contribution in [0.4, 0.5) is 5.69 Å². The third-order valence-corrected chi connectivity index (χ3v) is 5.54. The van der Waals surface area contributed by atoms with Crippen molar-refractivity contribution in [3.8, 4) is 5.75 Å². The summed E-state index contributed by atoms with van der Waals surface area (Å²) in [6.45, 7) is 0. The second-order valence-corrected chi connectivity index (χ2v) is 7.97. The first-order valence-electron chi connectivity index (χ1n) is 7.04. The number of rotatable bonds is 4. The molecule has 0 aliphatic rings. The molecule has 3 aromatic rings. The Labute approximate surface area is 167 Å². The van der Waals surface area contributed by atoms with Crippen LogP contribution < -0.4 is 5.43 Å². The van der Waals surface area contributed by atoms with Crippen molar-refractivity contribution < 1.29 is 14.8 Å². The van der Waals surface area contributed by atoms with Crippen molar-refractivity contribution in [2.75, 3.05) is 0 Å². The van der Waals surface area contributed by atoms with Gasteiger partial charge in [0.05, 0.1) is 20.5 Å². The van der Waals surface area contributed by atoms with Gasteiger partial charge in [-0.1, -0.05) is 15.9 Å². The standard InChI is InChI=1S/C16H9Br2N3O4S/c17-10-3-9(15(22)12(18)6-10)7-19-20-16(23)14-5-8-4-11(21(24)25)1-2-13(8)26-14/h1-7,22H,(H,20,23)/b19-7-. The van der Waals surface area contributed by atoms with Gasteiger partial charge in [0, 0.05) is 32.3 Å².